The van der Waals surface area contributed by atoms with E-state index in [2.05, 4.69) is 16.5 Å². The largest absolute Gasteiger partial charge is 0.380 e. The van der Waals surface area contributed by atoms with Gasteiger partial charge >= 0.3 is 0 Å². The molecular weight excluding hydrogens is 352 g/mol. The fraction of sp³-hybridized carbons (Fsp3) is 0.471. The number of hydrogen-bond acceptors (Lipinski definition) is 5. The van der Waals surface area contributed by atoms with Crippen molar-refractivity contribution in [1.82, 2.24) is 13.9 Å². The van der Waals surface area contributed by atoms with Crippen molar-refractivity contribution in [3.8, 4) is 6.07 Å². The molecule has 2 aromatic heterocycles. The van der Waals surface area contributed by atoms with Gasteiger partial charge in [-0.15, -0.1) is 0 Å². The fourth-order valence-electron chi connectivity index (χ4n) is 4.25. The molecule has 2 fully saturated rings. The highest BCUT2D eigenvalue weighted by atomic mass is 32.2. The molecule has 2 aliphatic rings. The zero-order valence-corrected chi connectivity index (χ0v) is 15.2. The highest BCUT2D eigenvalue weighted by molar-refractivity contribution is 7.81. The van der Waals surface area contributed by atoms with E-state index in [1.165, 1.54) is 6.20 Å². The van der Waals surface area contributed by atoms with Crippen molar-refractivity contribution >= 4 is 28.1 Å². The van der Waals surface area contributed by atoms with E-state index in [0.29, 0.717) is 34.2 Å². The van der Waals surface area contributed by atoms with Crippen LogP contribution in [-0.4, -0.2) is 49.4 Å². The second-order valence-electron chi connectivity index (χ2n) is 7.07. The Labute approximate surface area is 153 Å². The maximum Gasteiger partial charge on any atom is 0.252 e. The maximum absolute atomic E-state index is 11.9. The summed E-state index contributed by atoms with van der Waals surface area (Å²) in [5, 5.41) is 16.8. The molecule has 1 aliphatic heterocycles. The predicted octanol–water partition coefficient (Wildman–Crippen LogP) is 0.721. The Kier molecular flexibility index (Phi) is 4.17. The average Bonchev–Trinajstić information content (AvgIpc) is 3.26. The van der Waals surface area contributed by atoms with Gasteiger partial charge in [-0.3, -0.25) is 4.79 Å². The molecule has 4 rings (SSSR count). The number of fused-ring (bicyclic) bond motifs is 2. The number of nitrogens with one attached hydrogen (secondary N) is 1. The van der Waals surface area contributed by atoms with E-state index < -0.39 is 16.9 Å². The topological polar surface area (TPSA) is 117 Å². The Morgan fingerprint density at radius 2 is 2.12 bits per heavy atom. The molecule has 1 aliphatic carbocycles. The van der Waals surface area contributed by atoms with E-state index in [0.717, 1.165) is 25.9 Å². The minimum absolute atomic E-state index is 0.210. The van der Waals surface area contributed by atoms with Crippen molar-refractivity contribution in [2.45, 2.75) is 18.9 Å². The van der Waals surface area contributed by atoms with Crippen LogP contribution in [0.5, 0.6) is 0 Å². The lowest BCUT2D eigenvalue weighted by Crippen LogP contribution is -2.27. The third kappa shape index (κ3) is 2.85. The number of primary amides is 1. The van der Waals surface area contributed by atoms with Crippen molar-refractivity contribution in [3.63, 3.8) is 0 Å². The summed E-state index contributed by atoms with van der Waals surface area (Å²) < 4.78 is 15.3. The minimum atomic E-state index is -0.916. The van der Waals surface area contributed by atoms with Gasteiger partial charge in [-0.1, -0.05) is 0 Å². The van der Waals surface area contributed by atoms with Gasteiger partial charge in [0.15, 0.2) is 0 Å². The van der Waals surface area contributed by atoms with Crippen LogP contribution in [0.2, 0.25) is 0 Å². The van der Waals surface area contributed by atoms with E-state index in [4.69, 9.17) is 11.0 Å². The molecule has 136 valence electrons. The van der Waals surface area contributed by atoms with Crippen LogP contribution in [0.3, 0.4) is 0 Å². The van der Waals surface area contributed by atoms with E-state index in [1.54, 1.807) is 23.0 Å². The first-order valence-corrected chi connectivity index (χ1v) is 10.0. The van der Waals surface area contributed by atoms with Crippen LogP contribution < -0.4 is 11.1 Å². The third-order valence-corrected chi connectivity index (χ3v) is 6.49. The molecule has 0 radical (unpaired) electrons. The minimum Gasteiger partial charge on any atom is -0.380 e. The van der Waals surface area contributed by atoms with Gasteiger partial charge in [0.1, 0.15) is 6.07 Å². The summed E-state index contributed by atoms with van der Waals surface area (Å²) in [6.45, 7) is 1.70. The summed E-state index contributed by atoms with van der Waals surface area (Å²) in [6, 6.07) is 4.01. The summed E-state index contributed by atoms with van der Waals surface area (Å²) in [4.78, 5) is 11.9. The highest BCUT2D eigenvalue weighted by Crippen LogP contribution is 2.40. The molecule has 1 saturated heterocycles. The van der Waals surface area contributed by atoms with Crippen LogP contribution in [0.4, 0.5) is 5.69 Å². The van der Waals surface area contributed by atoms with Gasteiger partial charge in [0.2, 0.25) is 0 Å². The number of hydrogen-bond donors (Lipinski definition) is 2. The second-order valence-corrected chi connectivity index (χ2v) is 8.44. The number of nitriles is 1. The van der Waals surface area contributed by atoms with E-state index in [9.17, 15) is 9.00 Å². The Morgan fingerprint density at radius 1 is 1.42 bits per heavy atom. The zero-order chi connectivity index (χ0) is 18.4. The predicted molar refractivity (Wildman–Crippen MR) is 97.7 cm³/mol. The summed E-state index contributed by atoms with van der Waals surface area (Å²) in [5.41, 5.74) is 7.64. The summed E-state index contributed by atoms with van der Waals surface area (Å²) in [5.74, 6) is 0.466. The lowest BCUT2D eigenvalue weighted by molar-refractivity contribution is 0.100. The van der Waals surface area contributed by atoms with Crippen LogP contribution in [0, 0.1) is 23.2 Å². The van der Waals surface area contributed by atoms with Gasteiger partial charge in [0.25, 0.3) is 5.91 Å². The van der Waals surface area contributed by atoms with Gasteiger partial charge in [-0.05, 0) is 30.7 Å². The first-order valence-electron chi connectivity index (χ1n) is 8.52. The number of anilines is 1. The first-order chi connectivity index (χ1) is 12.5. The number of carbonyl (C=O) groups is 1. The van der Waals surface area contributed by atoms with Crippen LogP contribution >= 0.6 is 0 Å². The zero-order valence-electron chi connectivity index (χ0n) is 14.4. The number of nitrogens with zero attached hydrogens (tertiary/aromatic N) is 4. The van der Waals surface area contributed by atoms with Gasteiger partial charge < -0.3 is 11.1 Å². The number of aromatic nitrogens is 2. The molecule has 1 amide bonds. The summed E-state index contributed by atoms with van der Waals surface area (Å²) >= 11 is 0. The van der Waals surface area contributed by atoms with Crippen molar-refractivity contribution in [1.29, 1.82) is 5.26 Å². The number of amides is 1. The Balaban J connectivity index is 1.61. The van der Waals surface area contributed by atoms with Crippen LogP contribution in [0.25, 0.3) is 5.52 Å². The fourth-order valence-corrected chi connectivity index (χ4v) is 5.05. The average molecular weight is 372 g/mol. The molecule has 3 atom stereocenters. The molecule has 2 aromatic rings. The van der Waals surface area contributed by atoms with Crippen LogP contribution in [0.15, 0.2) is 18.5 Å². The molecular formula is C17H20N6O2S. The Bertz CT molecular complexity index is 935. The molecule has 0 spiro atoms. The Hall–Kier alpha value is -2.44. The third-order valence-electron chi connectivity index (χ3n) is 5.46. The van der Waals surface area contributed by atoms with Gasteiger partial charge in [-0.25, -0.2) is 13.0 Å². The monoisotopic (exact) mass is 372 g/mol. The van der Waals surface area contributed by atoms with E-state index in [-0.39, 0.29) is 6.04 Å². The molecule has 0 bridgehead atoms. The standard InChI is InChI=1S/C17H20N6O2S/c1-26(25)22-8-11-3-13(4-12(11)9-22)21-16-14(17(19)24)6-20-23-7-10(5-18)2-15(16)23/h2,6-7,11-13,21H,3-4,8-9H2,1H3,(H2,19,24). The van der Waals surface area contributed by atoms with Crippen LogP contribution in [-0.2, 0) is 11.0 Å². The molecule has 8 nitrogen and oxygen atoms in total. The molecule has 3 N–H and O–H groups in total. The van der Waals surface area contributed by atoms with E-state index in [1.807, 2.05) is 4.31 Å². The molecule has 3 heterocycles. The van der Waals surface area contributed by atoms with Gasteiger partial charge in [0, 0.05) is 31.6 Å². The molecule has 9 heteroatoms. The van der Waals surface area contributed by atoms with Gasteiger partial charge in [0.05, 0.1) is 39.5 Å². The number of nitrogens with two attached hydrogens (primary N) is 1. The molecule has 3 unspecified atom stereocenters. The quantitative estimate of drug-likeness (QED) is 0.820. The molecule has 26 heavy (non-hydrogen) atoms. The number of rotatable bonds is 4. The number of carbonyl (C=O) groups excluding carboxylic acids is 1. The second kappa shape index (κ2) is 6.37. The lowest BCUT2D eigenvalue weighted by Gasteiger charge is -2.20. The van der Waals surface area contributed by atoms with Crippen molar-refractivity contribution in [3.05, 3.63) is 29.6 Å². The van der Waals surface area contributed by atoms with Gasteiger partial charge in [-0.2, -0.15) is 10.4 Å². The maximum atomic E-state index is 11.9. The summed E-state index contributed by atoms with van der Waals surface area (Å²) in [6.07, 6.45) is 6.70. The van der Waals surface area contributed by atoms with E-state index >= 15 is 0 Å². The van der Waals surface area contributed by atoms with Crippen molar-refractivity contribution in [2.24, 2.45) is 17.6 Å². The van der Waals surface area contributed by atoms with Crippen LogP contribution in [0.1, 0.15) is 28.8 Å². The Morgan fingerprint density at radius 3 is 2.69 bits per heavy atom. The summed E-state index contributed by atoms with van der Waals surface area (Å²) in [7, 11) is -0.916. The first kappa shape index (κ1) is 17.0. The molecule has 0 aromatic carbocycles. The highest BCUT2D eigenvalue weighted by Gasteiger charge is 2.42. The van der Waals surface area contributed by atoms with Crippen molar-refractivity contribution < 1.29 is 9.00 Å². The SMILES string of the molecule is CS(=O)N1CC2CC(Nc3c(C(N)=O)cnn4cc(C#N)cc34)CC2C1. The molecule has 1 saturated carbocycles. The normalized spacial score (nSPS) is 26.5. The smallest absolute Gasteiger partial charge is 0.252 e. The van der Waals surface area contributed by atoms with Crippen molar-refractivity contribution in [2.75, 3.05) is 24.7 Å². The lowest BCUT2D eigenvalue weighted by atomic mass is 10.0.